The normalized spacial score (nSPS) is 16.3. The zero-order chi connectivity index (χ0) is 26.0. The first kappa shape index (κ1) is 27.3. The van der Waals surface area contributed by atoms with Gasteiger partial charge in [-0.15, -0.1) is 0 Å². The average molecular weight is 527 g/mol. The minimum atomic E-state index is -4.08. The number of esters is 1. The Hall–Kier alpha value is -2.34. The SMILES string of the molecule is CCc1ccc(F)c(OC(=O)C2CCNCC2)c1C(C)S(=O)(=O)c1ccc(S(=O)(=O)N(C)C)cc1. The molecule has 1 unspecified atom stereocenters. The second-order valence-corrected chi connectivity index (χ2v) is 13.1. The van der Waals surface area contributed by atoms with Crippen LogP contribution in [0.4, 0.5) is 4.39 Å². The van der Waals surface area contributed by atoms with Gasteiger partial charge in [-0.3, -0.25) is 4.79 Å². The summed E-state index contributed by atoms with van der Waals surface area (Å²) in [4.78, 5) is 12.6. The molecule has 192 valence electrons. The zero-order valence-electron chi connectivity index (χ0n) is 20.2. The molecule has 2 aromatic rings. The summed E-state index contributed by atoms with van der Waals surface area (Å²) in [5.74, 6) is -2.15. The van der Waals surface area contributed by atoms with Crippen LogP contribution in [-0.4, -0.2) is 54.3 Å². The quantitative estimate of drug-likeness (QED) is 0.416. The molecule has 0 amide bonds. The number of piperidine rings is 1. The summed E-state index contributed by atoms with van der Waals surface area (Å²) in [7, 11) is -5.06. The Kier molecular flexibility index (Phi) is 8.36. The van der Waals surface area contributed by atoms with Crippen molar-refractivity contribution in [2.75, 3.05) is 27.2 Å². The van der Waals surface area contributed by atoms with Gasteiger partial charge in [-0.05, 0) is 75.2 Å². The minimum Gasteiger partial charge on any atom is -0.423 e. The van der Waals surface area contributed by atoms with Gasteiger partial charge in [0.1, 0.15) is 0 Å². The Morgan fingerprint density at radius 1 is 1.06 bits per heavy atom. The van der Waals surface area contributed by atoms with Gasteiger partial charge in [0.2, 0.25) is 10.0 Å². The summed E-state index contributed by atoms with van der Waals surface area (Å²) in [5, 5.41) is 1.90. The maximum Gasteiger partial charge on any atom is 0.314 e. The van der Waals surface area contributed by atoms with Crippen molar-refractivity contribution in [3.05, 3.63) is 53.3 Å². The number of sulfonamides is 1. The van der Waals surface area contributed by atoms with Gasteiger partial charge in [0, 0.05) is 19.7 Å². The van der Waals surface area contributed by atoms with Crippen LogP contribution in [0, 0.1) is 11.7 Å². The van der Waals surface area contributed by atoms with E-state index in [4.69, 9.17) is 4.74 Å². The molecule has 0 saturated carbocycles. The monoisotopic (exact) mass is 526 g/mol. The van der Waals surface area contributed by atoms with Crippen LogP contribution in [0.25, 0.3) is 0 Å². The summed E-state index contributed by atoms with van der Waals surface area (Å²) in [5.41, 5.74) is 0.641. The molecule has 1 N–H and O–H groups in total. The maximum absolute atomic E-state index is 14.9. The van der Waals surface area contributed by atoms with E-state index in [1.54, 1.807) is 6.92 Å². The van der Waals surface area contributed by atoms with Crippen LogP contribution in [0.5, 0.6) is 5.75 Å². The number of halogens is 1. The van der Waals surface area contributed by atoms with Gasteiger partial charge in [0.15, 0.2) is 21.4 Å². The number of rotatable bonds is 8. The Bertz CT molecular complexity index is 1290. The van der Waals surface area contributed by atoms with Crippen LogP contribution in [-0.2, 0) is 31.1 Å². The Balaban J connectivity index is 2.01. The second-order valence-electron chi connectivity index (χ2n) is 8.69. The lowest BCUT2D eigenvalue weighted by molar-refractivity contribution is -0.140. The van der Waals surface area contributed by atoms with Crippen LogP contribution in [0.1, 0.15) is 43.1 Å². The number of benzene rings is 2. The fourth-order valence-corrected chi connectivity index (χ4v) is 6.48. The highest BCUT2D eigenvalue weighted by Crippen LogP contribution is 2.39. The summed E-state index contributed by atoms with van der Waals surface area (Å²) >= 11 is 0. The molecule has 0 bridgehead atoms. The third kappa shape index (κ3) is 5.58. The number of nitrogens with zero attached hydrogens (tertiary/aromatic N) is 1. The van der Waals surface area contributed by atoms with Crippen LogP contribution < -0.4 is 10.1 Å². The van der Waals surface area contributed by atoms with E-state index in [0.717, 1.165) is 4.31 Å². The first-order valence-electron chi connectivity index (χ1n) is 11.4. The molecular weight excluding hydrogens is 495 g/mol. The standard InChI is InChI=1S/C24H31FN2O6S2/c1-5-17-6-11-21(25)23(33-24(28)18-12-14-26-15-13-18)22(17)16(2)34(29,30)19-7-9-20(10-8-19)35(31,32)27(3)4/h6-11,16,18,26H,5,12-15H2,1-4H3. The first-order chi connectivity index (χ1) is 16.4. The van der Waals surface area contributed by atoms with Gasteiger partial charge in [0.25, 0.3) is 0 Å². The van der Waals surface area contributed by atoms with Crippen molar-refractivity contribution in [1.29, 1.82) is 0 Å². The van der Waals surface area contributed by atoms with E-state index in [1.165, 1.54) is 57.4 Å². The molecule has 2 aromatic carbocycles. The van der Waals surface area contributed by atoms with E-state index in [2.05, 4.69) is 5.32 Å². The molecular formula is C24H31FN2O6S2. The van der Waals surface area contributed by atoms with Crippen molar-refractivity contribution in [3.63, 3.8) is 0 Å². The molecule has 0 aliphatic carbocycles. The highest BCUT2D eigenvalue weighted by molar-refractivity contribution is 7.91. The highest BCUT2D eigenvalue weighted by atomic mass is 32.2. The van der Waals surface area contributed by atoms with Crippen molar-refractivity contribution in [3.8, 4) is 5.75 Å². The molecule has 1 fully saturated rings. The van der Waals surface area contributed by atoms with Gasteiger partial charge < -0.3 is 10.1 Å². The number of carbonyl (C=O) groups is 1. The number of carbonyl (C=O) groups excluding carboxylic acids is 1. The second kappa shape index (κ2) is 10.7. The average Bonchev–Trinajstić information content (AvgIpc) is 2.85. The van der Waals surface area contributed by atoms with Crippen molar-refractivity contribution in [2.45, 2.75) is 48.2 Å². The summed E-state index contributed by atoms with van der Waals surface area (Å²) in [6.45, 7) is 4.51. The third-order valence-corrected chi connectivity index (χ3v) is 10.2. The molecule has 8 nitrogen and oxygen atoms in total. The fraction of sp³-hybridized carbons (Fsp3) is 0.458. The minimum absolute atomic E-state index is 0.0503. The highest BCUT2D eigenvalue weighted by Gasteiger charge is 2.33. The number of ether oxygens (including phenoxy) is 1. The predicted molar refractivity (Wildman–Crippen MR) is 130 cm³/mol. The molecule has 3 rings (SSSR count). The Morgan fingerprint density at radius 3 is 2.17 bits per heavy atom. The Morgan fingerprint density at radius 2 is 1.63 bits per heavy atom. The molecule has 11 heteroatoms. The topological polar surface area (TPSA) is 110 Å². The molecule has 0 spiro atoms. The molecule has 1 atom stereocenters. The third-order valence-electron chi connectivity index (χ3n) is 6.30. The summed E-state index contributed by atoms with van der Waals surface area (Å²) < 4.78 is 73.2. The van der Waals surface area contributed by atoms with Gasteiger partial charge in [-0.1, -0.05) is 13.0 Å². The number of nitrogens with one attached hydrogen (secondary N) is 1. The lowest BCUT2D eigenvalue weighted by Gasteiger charge is -2.24. The van der Waals surface area contributed by atoms with E-state index in [0.29, 0.717) is 37.9 Å². The van der Waals surface area contributed by atoms with E-state index in [9.17, 15) is 26.0 Å². The van der Waals surface area contributed by atoms with Crippen LogP contribution in [0.2, 0.25) is 0 Å². The van der Waals surface area contributed by atoms with Gasteiger partial charge in [0.05, 0.1) is 21.0 Å². The predicted octanol–water partition coefficient (Wildman–Crippen LogP) is 3.08. The van der Waals surface area contributed by atoms with Crippen LogP contribution in [0.15, 0.2) is 46.2 Å². The van der Waals surface area contributed by atoms with Gasteiger partial charge in [-0.2, -0.15) is 0 Å². The smallest absolute Gasteiger partial charge is 0.314 e. The van der Waals surface area contributed by atoms with Crippen molar-refractivity contribution >= 4 is 25.8 Å². The van der Waals surface area contributed by atoms with E-state index in [-0.39, 0.29) is 21.1 Å². The lowest BCUT2D eigenvalue weighted by atomic mass is 9.98. The molecule has 35 heavy (non-hydrogen) atoms. The molecule has 1 aliphatic rings. The maximum atomic E-state index is 14.9. The number of hydrogen-bond acceptors (Lipinski definition) is 7. The van der Waals surface area contributed by atoms with E-state index >= 15 is 0 Å². The molecule has 1 heterocycles. The van der Waals surface area contributed by atoms with E-state index < -0.39 is 42.8 Å². The lowest BCUT2D eigenvalue weighted by Crippen LogP contribution is -2.34. The molecule has 1 aliphatic heterocycles. The molecule has 0 aromatic heterocycles. The zero-order valence-corrected chi connectivity index (χ0v) is 21.9. The summed E-state index contributed by atoms with van der Waals surface area (Å²) in [6, 6.07) is 7.54. The number of sulfone groups is 1. The van der Waals surface area contributed by atoms with Crippen LogP contribution in [0.3, 0.4) is 0 Å². The molecule has 1 saturated heterocycles. The fourth-order valence-electron chi connectivity index (χ4n) is 4.08. The van der Waals surface area contributed by atoms with E-state index in [1.807, 2.05) is 0 Å². The summed E-state index contributed by atoms with van der Waals surface area (Å²) in [6.07, 6.45) is 1.51. The molecule has 0 radical (unpaired) electrons. The van der Waals surface area contributed by atoms with Gasteiger partial charge >= 0.3 is 5.97 Å². The first-order valence-corrected chi connectivity index (χ1v) is 14.4. The van der Waals surface area contributed by atoms with Gasteiger partial charge in [-0.25, -0.2) is 25.5 Å². The largest absolute Gasteiger partial charge is 0.423 e. The van der Waals surface area contributed by atoms with Crippen molar-refractivity contribution < 1.29 is 30.8 Å². The van der Waals surface area contributed by atoms with Crippen molar-refractivity contribution in [2.24, 2.45) is 5.92 Å². The number of aryl methyl sites for hydroxylation is 1. The van der Waals surface area contributed by atoms with Crippen molar-refractivity contribution in [1.82, 2.24) is 9.62 Å². The van der Waals surface area contributed by atoms with Crippen LogP contribution >= 0.6 is 0 Å². The Labute approximate surface area is 206 Å². The number of hydrogen-bond donors (Lipinski definition) is 1.